The van der Waals surface area contributed by atoms with Crippen molar-refractivity contribution in [3.8, 4) is 10.8 Å². The molecule has 14 heavy (non-hydrogen) atoms. The molecule has 0 amide bonds. The molecule has 0 radical (unpaired) electrons. The Labute approximate surface area is 90.5 Å². The molecule has 0 atom stereocenters. The van der Waals surface area contributed by atoms with Gasteiger partial charge in [-0.15, -0.1) is 11.8 Å². The maximum atomic E-state index is 9.64. The van der Waals surface area contributed by atoms with E-state index in [-0.39, 0.29) is 0 Å². The van der Waals surface area contributed by atoms with Crippen molar-refractivity contribution in [3.63, 3.8) is 0 Å². The average Bonchev–Trinajstić information content (AvgIpc) is 2.58. The molecule has 1 aromatic carbocycles. The van der Waals surface area contributed by atoms with E-state index in [1.54, 1.807) is 24.9 Å². The number of hydrogen-bond acceptors (Lipinski definition) is 4. The van der Waals surface area contributed by atoms with Crippen LogP contribution in [0.3, 0.4) is 0 Å². The van der Waals surface area contributed by atoms with Crippen LogP contribution in [0, 0.1) is 0 Å². The van der Waals surface area contributed by atoms with Crippen LogP contribution in [-0.4, -0.2) is 18.5 Å². The summed E-state index contributed by atoms with van der Waals surface area (Å²) in [6.45, 7) is 0. The number of ether oxygens (including phenoxy) is 1. The van der Waals surface area contributed by atoms with Crippen LogP contribution in [0.15, 0.2) is 23.1 Å². The minimum atomic E-state index is 0.342. The number of methoxy groups -OCH3 is 1. The van der Waals surface area contributed by atoms with Gasteiger partial charge >= 0.3 is 0 Å². The Hall–Kier alpha value is -0.870. The number of thioether (sulfide) groups is 1. The third kappa shape index (κ3) is 1.55. The number of thiophene rings is 1. The molecule has 2 rings (SSSR count). The van der Waals surface area contributed by atoms with Gasteiger partial charge in [-0.3, -0.25) is 0 Å². The fraction of sp³-hybridized carbons (Fsp3) is 0.200. The van der Waals surface area contributed by atoms with Gasteiger partial charge in [-0.05, 0) is 29.8 Å². The summed E-state index contributed by atoms with van der Waals surface area (Å²) < 4.78 is 6.20. The highest BCUT2D eigenvalue weighted by atomic mass is 32.2. The van der Waals surface area contributed by atoms with Crippen molar-refractivity contribution in [1.82, 2.24) is 0 Å². The van der Waals surface area contributed by atoms with E-state index in [2.05, 4.69) is 0 Å². The minimum absolute atomic E-state index is 0.342. The lowest BCUT2D eigenvalue weighted by Crippen LogP contribution is -1.73. The lowest BCUT2D eigenvalue weighted by atomic mass is 10.2. The van der Waals surface area contributed by atoms with E-state index in [0.717, 1.165) is 20.0 Å². The standard InChI is InChI=1S/C10H10O2S2/c1-12-10-4-6-3-9(13-2)7(11)5-8(6)14-10/h3-5,11H,1-2H3. The first-order chi connectivity index (χ1) is 6.74. The zero-order chi connectivity index (χ0) is 10.1. The van der Waals surface area contributed by atoms with Gasteiger partial charge in [0, 0.05) is 9.60 Å². The van der Waals surface area contributed by atoms with E-state index in [1.807, 2.05) is 18.4 Å². The Bertz CT molecular complexity index is 462. The smallest absolute Gasteiger partial charge is 0.174 e. The quantitative estimate of drug-likeness (QED) is 0.796. The highest BCUT2D eigenvalue weighted by Crippen LogP contribution is 2.38. The lowest BCUT2D eigenvalue weighted by molar-refractivity contribution is 0.427. The van der Waals surface area contributed by atoms with Crippen LogP contribution < -0.4 is 4.74 Å². The summed E-state index contributed by atoms with van der Waals surface area (Å²) in [4.78, 5) is 0.901. The molecule has 2 aromatic rings. The summed E-state index contributed by atoms with van der Waals surface area (Å²) >= 11 is 3.08. The van der Waals surface area contributed by atoms with Gasteiger partial charge in [-0.2, -0.15) is 0 Å². The van der Waals surface area contributed by atoms with Gasteiger partial charge in [0.1, 0.15) is 5.75 Å². The third-order valence-corrected chi connectivity index (χ3v) is 3.82. The lowest BCUT2D eigenvalue weighted by Gasteiger charge is -1.99. The SMILES string of the molecule is COc1cc2cc(SC)c(O)cc2s1. The predicted octanol–water partition coefficient (Wildman–Crippen LogP) is 3.34. The van der Waals surface area contributed by atoms with E-state index in [4.69, 9.17) is 4.74 Å². The first-order valence-electron chi connectivity index (χ1n) is 4.09. The molecule has 74 valence electrons. The van der Waals surface area contributed by atoms with E-state index in [0.29, 0.717) is 5.75 Å². The van der Waals surface area contributed by atoms with Crippen LogP contribution in [-0.2, 0) is 0 Å². The van der Waals surface area contributed by atoms with Gasteiger partial charge in [0.05, 0.1) is 7.11 Å². The van der Waals surface area contributed by atoms with Crippen molar-refractivity contribution in [2.75, 3.05) is 13.4 Å². The van der Waals surface area contributed by atoms with Crippen molar-refractivity contribution < 1.29 is 9.84 Å². The maximum Gasteiger partial charge on any atom is 0.174 e. The summed E-state index contributed by atoms with van der Waals surface area (Å²) in [7, 11) is 1.65. The molecule has 0 aliphatic heterocycles. The van der Waals surface area contributed by atoms with Crippen LogP contribution in [0.5, 0.6) is 10.8 Å². The van der Waals surface area contributed by atoms with Crippen LogP contribution in [0.25, 0.3) is 10.1 Å². The minimum Gasteiger partial charge on any atom is -0.507 e. The Morgan fingerprint density at radius 3 is 2.79 bits per heavy atom. The molecule has 0 bridgehead atoms. The molecule has 0 aliphatic rings. The number of hydrogen-bond donors (Lipinski definition) is 1. The van der Waals surface area contributed by atoms with Gasteiger partial charge in [-0.25, -0.2) is 0 Å². The summed E-state index contributed by atoms with van der Waals surface area (Å²) in [5, 5.41) is 11.6. The Morgan fingerprint density at radius 1 is 1.36 bits per heavy atom. The number of benzene rings is 1. The van der Waals surface area contributed by atoms with E-state index >= 15 is 0 Å². The maximum absolute atomic E-state index is 9.64. The van der Waals surface area contributed by atoms with Crippen LogP contribution >= 0.6 is 23.1 Å². The van der Waals surface area contributed by atoms with Gasteiger partial charge in [0.2, 0.25) is 0 Å². The summed E-state index contributed by atoms with van der Waals surface area (Å²) in [6, 6.07) is 5.75. The number of rotatable bonds is 2. The van der Waals surface area contributed by atoms with Crippen molar-refractivity contribution in [1.29, 1.82) is 0 Å². The molecule has 0 saturated heterocycles. The normalized spacial score (nSPS) is 10.7. The highest BCUT2D eigenvalue weighted by Gasteiger charge is 2.06. The Kier molecular flexibility index (Phi) is 2.56. The number of fused-ring (bicyclic) bond motifs is 1. The van der Waals surface area contributed by atoms with Crippen LogP contribution in [0.1, 0.15) is 0 Å². The third-order valence-electron chi connectivity index (χ3n) is 2.00. The average molecular weight is 226 g/mol. The zero-order valence-electron chi connectivity index (χ0n) is 7.90. The topological polar surface area (TPSA) is 29.5 Å². The molecular weight excluding hydrogens is 216 g/mol. The molecule has 1 aromatic heterocycles. The van der Waals surface area contributed by atoms with E-state index < -0.39 is 0 Å². The number of aromatic hydroxyl groups is 1. The number of phenols is 1. The first-order valence-corrected chi connectivity index (χ1v) is 6.13. The molecule has 2 nitrogen and oxygen atoms in total. The molecule has 4 heteroatoms. The second-order valence-corrected chi connectivity index (χ2v) is 4.73. The highest BCUT2D eigenvalue weighted by molar-refractivity contribution is 7.98. The molecule has 0 aliphatic carbocycles. The Morgan fingerprint density at radius 2 is 2.14 bits per heavy atom. The molecular formula is C10H10O2S2. The zero-order valence-corrected chi connectivity index (χ0v) is 9.54. The molecule has 0 unspecified atom stereocenters. The van der Waals surface area contributed by atoms with Crippen molar-refractivity contribution in [2.24, 2.45) is 0 Å². The summed E-state index contributed by atoms with van der Waals surface area (Å²) in [6.07, 6.45) is 1.95. The van der Waals surface area contributed by atoms with Crippen molar-refractivity contribution >= 4 is 33.2 Å². The van der Waals surface area contributed by atoms with Gasteiger partial charge in [0.15, 0.2) is 5.06 Å². The second kappa shape index (κ2) is 3.71. The molecule has 1 N–H and O–H groups in total. The van der Waals surface area contributed by atoms with E-state index in [1.165, 1.54) is 11.3 Å². The molecule has 0 spiro atoms. The van der Waals surface area contributed by atoms with Crippen LogP contribution in [0.2, 0.25) is 0 Å². The first kappa shape index (κ1) is 9.68. The largest absolute Gasteiger partial charge is 0.507 e. The van der Waals surface area contributed by atoms with Gasteiger partial charge in [-0.1, -0.05) is 11.3 Å². The molecule has 1 heterocycles. The fourth-order valence-electron chi connectivity index (χ4n) is 1.30. The number of phenolic OH excluding ortho intramolecular Hbond substituents is 1. The summed E-state index contributed by atoms with van der Waals surface area (Å²) in [5.74, 6) is 0.342. The summed E-state index contributed by atoms with van der Waals surface area (Å²) in [5.41, 5.74) is 0. The molecule has 0 fully saturated rings. The van der Waals surface area contributed by atoms with Crippen LogP contribution in [0.4, 0.5) is 0 Å². The second-order valence-electron chi connectivity index (χ2n) is 2.83. The van der Waals surface area contributed by atoms with Gasteiger partial charge < -0.3 is 9.84 Å². The van der Waals surface area contributed by atoms with Crippen molar-refractivity contribution in [2.45, 2.75) is 4.90 Å². The van der Waals surface area contributed by atoms with Crippen molar-refractivity contribution in [3.05, 3.63) is 18.2 Å². The molecule has 0 saturated carbocycles. The van der Waals surface area contributed by atoms with E-state index in [9.17, 15) is 5.11 Å². The monoisotopic (exact) mass is 226 g/mol. The predicted molar refractivity (Wildman–Crippen MR) is 61.8 cm³/mol. The Balaban J connectivity index is 2.64. The van der Waals surface area contributed by atoms with Gasteiger partial charge in [0.25, 0.3) is 0 Å². The fourth-order valence-corrected chi connectivity index (χ4v) is 2.70.